The Labute approximate surface area is 271 Å². The third kappa shape index (κ3) is 5.42. The van der Waals surface area contributed by atoms with Gasteiger partial charge >= 0.3 is 0 Å². The molecule has 0 bridgehead atoms. The lowest BCUT2D eigenvalue weighted by Crippen LogP contribution is -2.57. The highest BCUT2D eigenvalue weighted by molar-refractivity contribution is 5.43. The van der Waals surface area contributed by atoms with Crippen molar-refractivity contribution in [1.82, 2.24) is 4.90 Å². The van der Waals surface area contributed by atoms with E-state index in [9.17, 15) is 0 Å². The van der Waals surface area contributed by atoms with Gasteiger partial charge in [0.25, 0.3) is 0 Å². The third-order valence-electron chi connectivity index (χ3n) is 14.0. The molecule has 6 atom stereocenters. The second-order valence-electron chi connectivity index (χ2n) is 17.7. The molecule has 0 spiro atoms. The molecule has 0 amide bonds. The molecule has 242 valence electrons. The average Bonchev–Trinajstić information content (AvgIpc) is 2.96. The van der Waals surface area contributed by atoms with Gasteiger partial charge in [0, 0.05) is 26.2 Å². The standard InChI is InChI=1S/C42H64N2/c1-29(2)31-11-15-35-33(25-31)13-17-37-39(5,19-9-21-41(35,37)7)27-44(24-23-43)28-40(6)20-10-22-42(8)36-16-12-32(30(3)4)26-34(36)14-18-38(40)42/h11-12,15-16,25-26,29-30,37-38H,9-10,13-14,17-24,27-28,43H2,1-8H3/t37-,38-,39+,40+,41+,42+/m0/s1. The van der Waals surface area contributed by atoms with Crippen molar-refractivity contribution in [3.63, 3.8) is 0 Å². The number of hydrogen-bond donors (Lipinski definition) is 1. The Kier molecular flexibility index (Phi) is 8.71. The smallest absolute Gasteiger partial charge is 0.0105 e. The van der Waals surface area contributed by atoms with Gasteiger partial charge in [0.1, 0.15) is 0 Å². The molecule has 2 aromatic carbocycles. The highest BCUT2D eigenvalue weighted by Gasteiger charge is 2.54. The molecule has 0 aromatic heterocycles. The molecule has 2 saturated carbocycles. The number of nitrogens with two attached hydrogens (primary N) is 1. The molecule has 2 N–H and O–H groups in total. The minimum atomic E-state index is 0.291. The van der Waals surface area contributed by atoms with Crippen LogP contribution in [0.15, 0.2) is 36.4 Å². The molecular weight excluding hydrogens is 532 g/mol. The van der Waals surface area contributed by atoms with Crippen LogP contribution in [0, 0.1) is 22.7 Å². The number of benzene rings is 2. The predicted molar refractivity (Wildman–Crippen MR) is 189 cm³/mol. The van der Waals surface area contributed by atoms with Gasteiger partial charge in [0.05, 0.1) is 0 Å². The first-order chi connectivity index (χ1) is 20.8. The van der Waals surface area contributed by atoms with Crippen molar-refractivity contribution >= 4 is 0 Å². The lowest BCUT2D eigenvalue weighted by atomic mass is 9.49. The SMILES string of the molecule is CC(C)c1ccc2c(c1)CC[C@H]1[C@@](C)(CN(CCN)C[C@@]3(C)CCC[C@]4(C)c5ccc(C(C)C)cc5CC[C@@H]34)CCC[C@]21C. The second-order valence-corrected chi connectivity index (χ2v) is 17.7. The zero-order valence-corrected chi connectivity index (χ0v) is 29.7. The monoisotopic (exact) mass is 597 g/mol. The topological polar surface area (TPSA) is 29.3 Å². The summed E-state index contributed by atoms with van der Waals surface area (Å²) in [7, 11) is 0. The van der Waals surface area contributed by atoms with Gasteiger partial charge < -0.3 is 10.6 Å². The molecule has 0 heterocycles. The molecule has 44 heavy (non-hydrogen) atoms. The summed E-state index contributed by atoms with van der Waals surface area (Å²) in [6, 6.07) is 15.1. The van der Waals surface area contributed by atoms with Crippen molar-refractivity contribution in [2.24, 2.45) is 28.4 Å². The Hall–Kier alpha value is -1.64. The molecule has 2 nitrogen and oxygen atoms in total. The number of hydrogen-bond acceptors (Lipinski definition) is 2. The van der Waals surface area contributed by atoms with Gasteiger partial charge in [-0.1, -0.05) is 105 Å². The van der Waals surface area contributed by atoms with Crippen molar-refractivity contribution in [3.8, 4) is 0 Å². The second kappa shape index (κ2) is 11.9. The Morgan fingerprint density at radius 3 is 1.50 bits per heavy atom. The molecule has 0 unspecified atom stereocenters. The van der Waals surface area contributed by atoms with Gasteiger partial charge in [-0.3, -0.25) is 0 Å². The van der Waals surface area contributed by atoms with Crippen molar-refractivity contribution < 1.29 is 0 Å². The third-order valence-corrected chi connectivity index (χ3v) is 14.0. The van der Waals surface area contributed by atoms with Crippen LogP contribution < -0.4 is 5.73 Å². The Balaban J connectivity index is 1.26. The van der Waals surface area contributed by atoms with Crippen LogP contribution in [-0.4, -0.2) is 31.1 Å². The van der Waals surface area contributed by atoms with E-state index in [0.717, 1.165) is 24.9 Å². The predicted octanol–water partition coefficient (Wildman–Crippen LogP) is 9.91. The lowest BCUT2D eigenvalue weighted by Gasteiger charge is -2.59. The van der Waals surface area contributed by atoms with Gasteiger partial charge in [0.2, 0.25) is 0 Å². The van der Waals surface area contributed by atoms with Crippen molar-refractivity contribution in [2.45, 2.75) is 142 Å². The molecule has 2 aromatic rings. The first kappa shape index (κ1) is 32.3. The van der Waals surface area contributed by atoms with E-state index in [0.29, 0.717) is 33.5 Å². The van der Waals surface area contributed by atoms with Crippen LogP contribution in [0.1, 0.15) is 152 Å². The summed E-state index contributed by atoms with van der Waals surface area (Å²) in [5, 5.41) is 0. The average molecular weight is 597 g/mol. The summed E-state index contributed by atoms with van der Waals surface area (Å²) in [6.45, 7) is 24.1. The van der Waals surface area contributed by atoms with Crippen molar-refractivity contribution in [2.75, 3.05) is 26.2 Å². The number of rotatable bonds is 8. The van der Waals surface area contributed by atoms with Gasteiger partial charge in [-0.25, -0.2) is 0 Å². The van der Waals surface area contributed by atoms with Crippen molar-refractivity contribution in [1.29, 1.82) is 0 Å². The molecule has 4 aliphatic carbocycles. The van der Waals surface area contributed by atoms with Gasteiger partial charge in [-0.15, -0.1) is 0 Å². The van der Waals surface area contributed by atoms with E-state index >= 15 is 0 Å². The van der Waals surface area contributed by atoms with Gasteiger partial charge in [0.15, 0.2) is 0 Å². The van der Waals surface area contributed by atoms with Crippen LogP contribution in [0.3, 0.4) is 0 Å². The minimum Gasteiger partial charge on any atom is -0.329 e. The van der Waals surface area contributed by atoms with Crippen LogP contribution in [0.5, 0.6) is 0 Å². The quantitative estimate of drug-likeness (QED) is 0.329. The summed E-state index contributed by atoms with van der Waals surface area (Å²) in [5.74, 6) is 2.68. The minimum absolute atomic E-state index is 0.291. The normalized spacial score (nSPS) is 34.9. The van der Waals surface area contributed by atoms with Gasteiger partial charge in [-0.05, 0) is 130 Å². The van der Waals surface area contributed by atoms with E-state index in [1.54, 1.807) is 22.3 Å². The summed E-state index contributed by atoms with van der Waals surface area (Å²) in [4.78, 5) is 2.87. The maximum absolute atomic E-state index is 6.40. The molecule has 2 fully saturated rings. The molecule has 2 heteroatoms. The van der Waals surface area contributed by atoms with E-state index < -0.39 is 0 Å². The van der Waals surface area contributed by atoms with Crippen molar-refractivity contribution in [3.05, 3.63) is 69.8 Å². The molecule has 0 saturated heterocycles. The Morgan fingerprint density at radius 2 is 1.11 bits per heavy atom. The highest BCUT2D eigenvalue weighted by Crippen LogP contribution is 2.60. The molecule has 0 aliphatic heterocycles. The van der Waals surface area contributed by atoms with Crippen LogP contribution in [0.2, 0.25) is 0 Å². The molecule has 4 aliphatic rings. The molecular formula is C42H64N2. The molecule has 6 rings (SSSR count). The summed E-state index contributed by atoms with van der Waals surface area (Å²) in [6.07, 6.45) is 13.3. The Morgan fingerprint density at radius 1 is 0.682 bits per heavy atom. The zero-order valence-electron chi connectivity index (χ0n) is 29.7. The number of nitrogens with zero attached hydrogens (tertiary/aromatic N) is 1. The zero-order chi connectivity index (χ0) is 31.5. The fourth-order valence-electron chi connectivity index (χ4n) is 11.8. The lowest BCUT2D eigenvalue weighted by molar-refractivity contribution is -0.0392. The maximum atomic E-state index is 6.40. The van der Waals surface area contributed by atoms with E-state index in [1.165, 1.54) is 88.4 Å². The molecule has 0 radical (unpaired) electrons. The summed E-state index contributed by atoms with van der Waals surface area (Å²) < 4.78 is 0. The van der Waals surface area contributed by atoms with Crippen LogP contribution >= 0.6 is 0 Å². The first-order valence-corrected chi connectivity index (χ1v) is 18.5. The Bertz CT molecular complexity index is 1240. The largest absolute Gasteiger partial charge is 0.329 e. The fourth-order valence-corrected chi connectivity index (χ4v) is 11.8. The van der Waals surface area contributed by atoms with Crippen LogP contribution in [0.4, 0.5) is 0 Å². The fraction of sp³-hybridized carbons (Fsp3) is 0.714. The number of fused-ring (bicyclic) bond motifs is 6. The van der Waals surface area contributed by atoms with E-state index in [1.807, 2.05) is 0 Å². The van der Waals surface area contributed by atoms with E-state index in [-0.39, 0.29) is 0 Å². The summed E-state index contributed by atoms with van der Waals surface area (Å²) >= 11 is 0. The van der Waals surface area contributed by atoms with Gasteiger partial charge in [-0.2, -0.15) is 0 Å². The van der Waals surface area contributed by atoms with E-state index in [4.69, 9.17) is 5.73 Å². The number of aryl methyl sites for hydroxylation is 2. The first-order valence-electron chi connectivity index (χ1n) is 18.5. The maximum Gasteiger partial charge on any atom is 0.0105 e. The van der Waals surface area contributed by atoms with Crippen LogP contribution in [-0.2, 0) is 23.7 Å². The highest BCUT2D eigenvalue weighted by atomic mass is 15.1. The summed E-state index contributed by atoms with van der Waals surface area (Å²) in [5.41, 5.74) is 17.3. The van der Waals surface area contributed by atoms with Crippen LogP contribution in [0.25, 0.3) is 0 Å². The van der Waals surface area contributed by atoms with E-state index in [2.05, 4.69) is 96.7 Å².